The first-order chi connectivity index (χ1) is 6.02. The molecule has 0 aromatic heterocycles. The molecule has 0 radical (unpaired) electrons. The molecule has 0 aliphatic rings. The van der Waals surface area contributed by atoms with Gasteiger partial charge in [0.1, 0.15) is 0 Å². The van der Waals surface area contributed by atoms with Crippen LogP contribution in [0.15, 0.2) is 23.8 Å². The maximum Gasteiger partial charge on any atom is 0.374 e. The van der Waals surface area contributed by atoms with Crippen molar-refractivity contribution in [3.8, 4) is 0 Å². The monoisotopic (exact) mass is 190 g/mol. The van der Waals surface area contributed by atoms with Crippen LogP contribution < -0.4 is 0 Å². The third-order valence-corrected chi connectivity index (χ3v) is 1.08. The number of carbonyl (C=O) groups excluding carboxylic acids is 2. The van der Waals surface area contributed by atoms with Gasteiger partial charge in [-0.05, 0) is 26.0 Å². The van der Waals surface area contributed by atoms with E-state index in [1.807, 2.05) is 0 Å². The Morgan fingerprint density at radius 2 is 1.31 bits per heavy atom. The van der Waals surface area contributed by atoms with Gasteiger partial charge in [-0.3, -0.25) is 0 Å². The van der Waals surface area contributed by atoms with Gasteiger partial charge in [-0.25, -0.2) is 9.59 Å². The SMILES string of the molecule is CC=C(F)C(=O)OC(=O)C(F)=CC. The van der Waals surface area contributed by atoms with E-state index in [0.29, 0.717) is 0 Å². The molecule has 0 saturated carbocycles. The molecule has 0 N–H and O–H groups in total. The topological polar surface area (TPSA) is 43.4 Å². The van der Waals surface area contributed by atoms with Crippen molar-refractivity contribution in [1.29, 1.82) is 0 Å². The first kappa shape index (κ1) is 11.5. The summed E-state index contributed by atoms with van der Waals surface area (Å²) in [6.45, 7) is 2.49. The van der Waals surface area contributed by atoms with Crippen LogP contribution in [0.4, 0.5) is 8.78 Å². The van der Waals surface area contributed by atoms with Crippen LogP contribution in [0.25, 0.3) is 0 Å². The van der Waals surface area contributed by atoms with E-state index >= 15 is 0 Å². The van der Waals surface area contributed by atoms with Crippen molar-refractivity contribution in [3.63, 3.8) is 0 Å². The Bertz CT molecular complexity index is 251. The van der Waals surface area contributed by atoms with Crippen molar-refractivity contribution >= 4 is 11.9 Å². The summed E-state index contributed by atoms with van der Waals surface area (Å²) in [5, 5.41) is 0. The highest BCUT2D eigenvalue weighted by Gasteiger charge is 2.17. The van der Waals surface area contributed by atoms with E-state index < -0.39 is 23.6 Å². The molecule has 0 spiro atoms. The highest BCUT2D eigenvalue weighted by Crippen LogP contribution is 2.04. The largest absolute Gasteiger partial charge is 0.382 e. The number of halogens is 2. The second kappa shape index (κ2) is 5.18. The van der Waals surface area contributed by atoms with Gasteiger partial charge in [0.05, 0.1) is 0 Å². The molecule has 0 aromatic rings. The first-order valence-corrected chi connectivity index (χ1v) is 3.43. The van der Waals surface area contributed by atoms with Crippen LogP contribution in [0.5, 0.6) is 0 Å². The van der Waals surface area contributed by atoms with Crippen molar-refractivity contribution in [3.05, 3.63) is 23.8 Å². The van der Waals surface area contributed by atoms with Crippen LogP contribution in [0, 0.1) is 0 Å². The maximum absolute atomic E-state index is 12.3. The van der Waals surface area contributed by atoms with Crippen molar-refractivity contribution in [2.45, 2.75) is 13.8 Å². The van der Waals surface area contributed by atoms with Crippen LogP contribution in [0.3, 0.4) is 0 Å². The highest BCUT2D eigenvalue weighted by molar-refractivity contribution is 5.99. The summed E-state index contributed by atoms with van der Waals surface area (Å²) in [4.78, 5) is 21.0. The number of esters is 2. The summed E-state index contributed by atoms with van der Waals surface area (Å²) < 4.78 is 28.5. The minimum absolute atomic E-state index is 0.809. The Morgan fingerprint density at radius 1 is 1.00 bits per heavy atom. The smallest absolute Gasteiger partial charge is 0.374 e. The van der Waals surface area contributed by atoms with Crippen molar-refractivity contribution in [1.82, 2.24) is 0 Å². The molecule has 0 unspecified atom stereocenters. The average Bonchev–Trinajstić information content (AvgIpc) is 2.14. The van der Waals surface area contributed by atoms with Crippen LogP contribution in [-0.4, -0.2) is 11.9 Å². The van der Waals surface area contributed by atoms with E-state index in [1.54, 1.807) is 0 Å². The van der Waals surface area contributed by atoms with Gasteiger partial charge in [0.2, 0.25) is 11.7 Å². The molecule has 13 heavy (non-hydrogen) atoms. The van der Waals surface area contributed by atoms with Gasteiger partial charge in [-0.1, -0.05) is 0 Å². The molecule has 72 valence electrons. The van der Waals surface area contributed by atoms with Crippen LogP contribution in [-0.2, 0) is 14.3 Å². The molecule has 5 heteroatoms. The van der Waals surface area contributed by atoms with Crippen LogP contribution >= 0.6 is 0 Å². The number of hydrogen-bond acceptors (Lipinski definition) is 3. The Balaban J connectivity index is 4.32. The number of ether oxygens (including phenoxy) is 1. The molecule has 0 heterocycles. The third kappa shape index (κ3) is 3.59. The van der Waals surface area contributed by atoms with E-state index in [2.05, 4.69) is 4.74 Å². The predicted octanol–water partition coefficient (Wildman–Crippen LogP) is 1.80. The predicted molar refractivity (Wildman–Crippen MR) is 40.8 cm³/mol. The lowest BCUT2D eigenvalue weighted by atomic mass is 10.5. The Hall–Kier alpha value is -1.52. The van der Waals surface area contributed by atoms with Gasteiger partial charge in [0.25, 0.3) is 0 Å². The first-order valence-electron chi connectivity index (χ1n) is 3.43. The van der Waals surface area contributed by atoms with E-state index in [9.17, 15) is 18.4 Å². The Morgan fingerprint density at radius 3 is 1.54 bits per heavy atom. The lowest BCUT2D eigenvalue weighted by molar-refractivity contribution is -0.156. The zero-order chi connectivity index (χ0) is 10.4. The summed E-state index contributed by atoms with van der Waals surface area (Å²) in [7, 11) is 0. The Kier molecular flexibility index (Phi) is 4.58. The molecule has 0 rings (SSSR count). The number of hydrogen-bond donors (Lipinski definition) is 0. The quantitative estimate of drug-likeness (QED) is 0.379. The van der Waals surface area contributed by atoms with Gasteiger partial charge in [-0.2, -0.15) is 8.78 Å². The molecule has 0 aliphatic heterocycles. The minimum Gasteiger partial charge on any atom is -0.382 e. The third-order valence-electron chi connectivity index (χ3n) is 1.08. The molecular formula is C8H8F2O3. The Labute approximate surface area is 73.7 Å². The fourth-order valence-electron chi connectivity index (χ4n) is 0.417. The van der Waals surface area contributed by atoms with Gasteiger partial charge in [0.15, 0.2) is 0 Å². The molecule has 0 bridgehead atoms. The molecule has 0 fully saturated rings. The second-order valence-corrected chi connectivity index (χ2v) is 1.95. The van der Waals surface area contributed by atoms with Gasteiger partial charge >= 0.3 is 11.9 Å². The lowest BCUT2D eigenvalue weighted by Gasteiger charge is -1.97. The van der Waals surface area contributed by atoms with Gasteiger partial charge < -0.3 is 4.74 Å². The number of carbonyl (C=O) groups is 2. The van der Waals surface area contributed by atoms with Gasteiger partial charge in [0, 0.05) is 0 Å². The summed E-state index contributed by atoms with van der Waals surface area (Å²) in [5.74, 6) is -5.47. The van der Waals surface area contributed by atoms with Crippen molar-refractivity contribution in [2.24, 2.45) is 0 Å². The minimum atomic E-state index is -1.50. The molecule has 3 nitrogen and oxygen atoms in total. The fraction of sp³-hybridized carbons (Fsp3) is 0.250. The summed E-state index contributed by atoms with van der Waals surface area (Å²) in [6, 6.07) is 0. The van der Waals surface area contributed by atoms with Crippen LogP contribution in [0.1, 0.15) is 13.8 Å². The van der Waals surface area contributed by atoms with Crippen molar-refractivity contribution < 1.29 is 23.1 Å². The van der Waals surface area contributed by atoms with E-state index in [-0.39, 0.29) is 0 Å². The molecule has 0 saturated heterocycles. The zero-order valence-corrected chi connectivity index (χ0v) is 7.14. The second-order valence-electron chi connectivity index (χ2n) is 1.95. The maximum atomic E-state index is 12.3. The number of allylic oxidation sites excluding steroid dienone is 2. The lowest BCUT2D eigenvalue weighted by Crippen LogP contribution is -2.12. The molecule has 0 atom stereocenters. The summed E-state index contributed by atoms with van der Waals surface area (Å²) in [6.07, 6.45) is 1.62. The fourth-order valence-corrected chi connectivity index (χ4v) is 0.417. The normalized spacial score (nSPS) is 12.6. The van der Waals surface area contributed by atoms with E-state index in [1.165, 1.54) is 13.8 Å². The zero-order valence-electron chi connectivity index (χ0n) is 7.14. The summed E-state index contributed by atoms with van der Waals surface area (Å²) in [5.41, 5.74) is 0. The molecular weight excluding hydrogens is 182 g/mol. The number of rotatable bonds is 2. The summed E-state index contributed by atoms with van der Waals surface area (Å²) >= 11 is 0. The molecule has 0 aromatic carbocycles. The molecule has 0 amide bonds. The highest BCUT2D eigenvalue weighted by atomic mass is 19.1. The van der Waals surface area contributed by atoms with E-state index in [4.69, 9.17) is 0 Å². The van der Waals surface area contributed by atoms with Crippen molar-refractivity contribution in [2.75, 3.05) is 0 Å². The van der Waals surface area contributed by atoms with E-state index in [0.717, 1.165) is 12.2 Å². The standard InChI is InChI=1S/C8H8F2O3/c1-3-5(9)7(11)13-8(12)6(10)4-2/h3-4H,1-2H3. The molecule has 0 aliphatic carbocycles. The average molecular weight is 190 g/mol. The van der Waals surface area contributed by atoms with Crippen LogP contribution in [0.2, 0.25) is 0 Å². The van der Waals surface area contributed by atoms with Gasteiger partial charge in [-0.15, -0.1) is 0 Å².